The average molecular weight is 517 g/mol. The second kappa shape index (κ2) is 17.2. The summed E-state index contributed by atoms with van der Waals surface area (Å²) < 4.78 is 0. The van der Waals surface area contributed by atoms with Gasteiger partial charge in [-0.2, -0.15) is 0 Å². The van der Waals surface area contributed by atoms with E-state index in [0.29, 0.717) is 25.8 Å². The van der Waals surface area contributed by atoms with Crippen LogP contribution in [0.1, 0.15) is 65.2 Å². The van der Waals surface area contributed by atoms with Crippen molar-refractivity contribution in [2.24, 2.45) is 23.1 Å². The van der Waals surface area contributed by atoms with Crippen LogP contribution in [0.25, 0.3) is 0 Å². The first kappa shape index (κ1) is 32.7. The van der Waals surface area contributed by atoms with Crippen LogP contribution < -0.4 is 33.2 Å². The predicted octanol–water partition coefficient (Wildman–Crippen LogP) is -1.84. The van der Waals surface area contributed by atoms with Crippen molar-refractivity contribution in [2.75, 3.05) is 6.54 Å². The zero-order valence-corrected chi connectivity index (χ0v) is 20.8. The molecule has 0 aliphatic carbocycles. The summed E-state index contributed by atoms with van der Waals surface area (Å²) in [6.45, 7) is 3.92. The molecule has 0 saturated carbocycles. The molecule has 0 bridgehead atoms. The van der Waals surface area contributed by atoms with E-state index in [9.17, 15) is 33.9 Å². The van der Waals surface area contributed by atoms with Crippen LogP contribution >= 0.6 is 0 Å². The summed E-state index contributed by atoms with van der Waals surface area (Å²) in [7, 11) is 0. The number of nitrogens with one attached hydrogen (secondary N) is 3. The van der Waals surface area contributed by atoms with Crippen molar-refractivity contribution in [1.29, 1.82) is 0 Å². The van der Waals surface area contributed by atoms with E-state index in [-0.39, 0.29) is 31.6 Å². The highest BCUT2D eigenvalue weighted by Crippen LogP contribution is 2.08. The number of rotatable bonds is 19. The maximum absolute atomic E-state index is 13.0. The van der Waals surface area contributed by atoms with Crippen LogP contribution in [0.15, 0.2) is 0 Å². The van der Waals surface area contributed by atoms with Gasteiger partial charge in [-0.15, -0.1) is 0 Å². The van der Waals surface area contributed by atoms with Crippen molar-refractivity contribution >= 4 is 35.6 Å². The van der Waals surface area contributed by atoms with Gasteiger partial charge in [0.25, 0.3) is 0 Å². The largest absolute Gasteiger partial charge is 0.481 e. The lowest BCUT2D eigenvalue weighted by Crippen LogP contribution is -2.57. The Bertz CT molecular complexity index is 778. The number of amides is 4. The topological polar surface area (TPSA) is 257 Å². The van der Waals surface area contributed by atoms with Crippen LogP contribution in [0.2, 0.25) is 0 Å². The Morgan fingerprint density at radius 2 is 1.28 bits per heavy atom. The highest BCUT2D eigenvalue weighted by molar-refractivity contribution is 5.94. The maximum Gasteiger partial charge on any atom is 0.326 e. The Kier molecular flexibility index (Phi) is 15.7. The minimum atomic E-state index is -1.37. The Hall–Kier alpha value is -3.26. The lowest BCUT2D eigenvalue weighted by atomic mass is 9.98. The third kappa shape index (κ3) is 13.0. The number of aliphatic carboxylic acids is 2. The molecule has 0 spiro atoms. The monoisotopic (exact) mass is 516 g/mol. The Morgan fingerprint density at radius 3 is 1.72 bits per heavy atom. The quantitative estimate of drug-likeness (QED) is 0.0889. The first-order valence-electron chi connectivity index (χ1n) is 11.9. The van der Waals surface area contributed by atoms with Gasteiger partial charge in [0.1, 0.15) is 18.1 Å². The fourth-order valence-corrected chi connectivity index (χ4v) is 3.17. The molecule has 0 fully saturated rings. The van der Waals surface area contributed by atoms with E-state index < -0.39 is 66.2 Å². The molecule has 11 N–H and O–H groups in total. The summed E-state index contributed by atoms with van der Waals surface area (Å²) in [5, 5.41) is 25.6. The molecule has 0 aliphatic heterocycles. The summed E-state index contributed by atoms with van der Waals surface area (Å²) in [5.74, 6) is -5.89. The van der Waals surface area contributed by atoms with Crippen molar-refractivity contribution in [3.8, 4) is 0 Å². The fourth-order valence-electron chi connectivity index (χ4n) is 3.17. The van der Waals surface area contributed by atoms with Crippen LogP contribution in [-0.2, 0) is 28.8 Å². The number of unbranched alkanes of at least 4 members (excludes halogenated alkanes) is 1. The molecule has 5 unspecified atom stereocenters. The number of primary amides is 1. The number of carbonyl (C=O) groups excluding carboxylic acids is 4. The van der Waals surface area contributed by atoms with Gasteiger partial charge in [0.15, 0.2) is 0 Å². The Morgan fingerprint density at radius 1 is 0.778 bits per heavy atom. The van der Waals surface area contributed by atoms with Gasteiger partial charge in [-0.1, -0.05) is 20.3 Å². The fraction of sp³-hybridized carbons (Fsp3) is 0.727. The number of carboxylic acid groups (broad SMARTS) is 2. The SMILES string of the molecule is CCC(C)C(N)C(=O)NC(CCC(=O)O)C(=O)NC(CCC(N)=O)C(=O)NC(CCCCN)C(=O)O. The zero-order valence-electron chi connectivity index (χ0n) is 20.8. The molecule has 0 aromatic heterocycles. The standard InChI is InChI=1S/C22H40N6O8/c1-3-12(2)18(25)21(34)27-14(8-10-17(30)31)19(32)26-13(7-9-16(24)29)20(33)28-15(22(35)36)6-4-5-11-23/h12-15,18H,3-11,23,25H2,1-2H3,(H2,24,29)(H,26,32)(H,27,34)(H,28,33)(H,30,31)(H,35,36). The molecule has 206 valence electrons. The van der Waals surface area contributed by atoms with Crippen LogP contribution in [0.4, 0.5) is 0 Å². The smallest absolute Gasteiger partial charge is 0.326 e. The van der Waals surface area contributed by atoms with E-state index in [1.807, 2.05) is 6.92 Å². The first-order valence-corrected chi connectivity index (χ1v) is 11.9. The molecule has 0 aliphatic rings. The zero-order chi connectivity index (χ0) is 27.8. The summed E-state index contributed by atoms with van der Waals surface area (Å²) in [6, 6.07) is -4.91. The molecule has 4 amide bonds. The number of hydrogen-bond donors (Lipinski definition) is 8. The second-order valence-electron chi connectivity index (χ2n) is 8.65. The molecule has 14 nitrogen and oxygen atoms in total. The number of nitrogens with two attached hydrogens (primary N) is 3. The lowest BCUT2D eigenvalue weighted by Gasteiger charge is -2.26. The second-order valence-corrected chi connectivity index (χ2v) is 8.65. The lowest BCUT2D eigenvalue weighted by molar-refractivity contribution is -0.142. The van der Waals surface area contributed by atoms with Crippen LogP contribution in [0.5, 0.6) is 0 Å². The summed E-state index contributed by atoms with van der Waals surface area (Å²) in [4.78, 5) is 72.2. The van der Waals surface area contributed by atoms with Crippen molar-refractivity contribution in [1.82, 2.24) is 16.0 Å². The van der Waals surface area contributed by atoms with Gasteiger partial charge in [0.05, 0.1) is 6.04 Å². The minimum absolute atomic E-state index is 0.0968. The molecule has 0 aromatic rings. The van der Waals surface area contributed by atoms with Crippen molar-refractivity contribution in [2.45, 2.75) is 89.4 Å². The highest BCUT2D eigenvalue weighted by Gasteiger charge is 2.31. The molecule has 5 atom stereocenters. The van der Waals surface area contributed by atoms with Gasteiger partial charge >= 0.3 is 11.9 Å². The molecule has 0 rings (SSSR count). The predicted molar refractivity (Wildman–Crippen MR) is 129 cm³/mol. The molecule has 0 heterocycles. The van der Waals surface area contributed by atoms with Crippen LogP contribution in [0, 0.1) is 5.92 Å². The van der Waals surface area contributed by atoms with E-state index in [2.05, 4.69) is 16.0 Å². The normalized spacial score (nSPS) is 15.0. The first-order chi connectivity index (χ1) is 16.8. The Labute approximate surface area is 210 Å². The van der Waals surface area contributed by atoms with Gasteiger partial charge in [0.2, 0.25) is 23.6 Å². The van der Waals surface area contributed by atoms with E-state index in [1.165, 1.54) is 0 Å². The van der Waals surface area contributed by atoms with Gasteiger partial charge in [-0.3, -0.25) is 24.0 Å². The minimum Gasteiger partial charge on any atom is -0.481 e. The molecule has 36 heavy (non-hydrogen) atoms. The van der Waals surface area contributed by atoms with E-state index in [4.69, 9.17) is 22.3 Å². The van der Waals surface area contributed by atoms with Crippen LogP contribution in [-0.4, -0.2) is 76.5 Å². The third-order valence-corrected chi connectivity index (χ3v) is 5.71. The van der Waals surface area contributed by atoms with Crippen molar-refractivity contribution < 1.29 is 39.0 Å². The van der Waals surface area contributed by atoms with E-state index in [0.717, 1.165) is 0 Å². The van der Waals surface area contributed by atoms with E-state index >= 15 is 0 Å². The molecular weight excluding hydrogens is 476 g/mol. The molecule has 0 aromatic carbocycles. The van der Waals surface area contributed by atoms with Gasteiger partial charge in [-0.25, -0.2) is 4.79 Å². The summed E-state index contributed by atoms with van der Waals surface area (Å²) >= 11 is 0. The maximum atomic E-state index is 13.0. The third-order valence-electron chi connectivity index (χ3n) is 5.71. The summed E-state index contributed by atoms with van der Waals surface area (Å²) in [5.41, 5.74) is 16.5. The molecule has 0 saturated heterocycles. The van der Waals surface area contributed by atoms with Crippen LogP contribution in [0.3, 0.4) is 0 Å². The Balaban J connectivity index is 5.63. The molecule has 14 heteroatoms. The van der Waals surface area contributed by atoms with Gasteiger partial charge in [-0.05, 0) is 44.6 Å². The molecule has 0 radical (unpaired) electrons. The molecular formula is C22H40N6O8. The van der Waals surface area contributed by atoms with E-state index in [1.54, 1.807) is 6.92 Å². The number of carboxylic acids is 2. The average Bonchev–Trinajstić information content (AvgIpc) is 2.81. The highest BCUT2D eigenvalue weighted by atomic mass is 16.4. The van der Waals surface area contributed by atoms with Crippen molar-refractivity contribution in [3.63, 3.8) is 0 Å². The summed E-state index contributed by atoms with van der Waals surface area (Å²) in [6.07, 6.45) is 0.378. The number of carbonyl (C=O) groups is 6. The van der Waals surface area contributed by atoms with Crippen molar-refractivity contribution in [3.05, 3.63) is 0 Å². The van der Waals surface area contributed by atoms with Gasteiger partial charge in [0, 0.05) is 12.8 Å². The van der Waals surface area contributed by atoms with Gasteiger partial charge < -0.3 is 43.4 Å². The number of hydrogen-bond acceptors (Lipinski definition) is 8.